The topological polar surface area (TPSA) is 136 Å². The second kappa shape index (κ2) is 13.1. The number of imidazole rings is 1. The van der Waals surface area contributed by atoms with E-state index in [0.717, 1.165) is 49.3 Å². The largest absolute Gasteiger partial charge is 0.382 e. The molecule has 1 aliphatic rings. The maximum absolute atomic E-state index is 14.7. The van der Waals surface area contributed by atoms with Crippen molar-refractivity contribution >= 4 is 5.95 Å². The van der Waals surface area contributed by atoms with Gasteiger partial charge in [-0.2, -0.15) is 5.10 Å². The number of anilines is 1. The van der Waals surface area contributed by atoms with Gasteiger partial charge in [0.2, 0.25) is 5.95 Å². The van der Waals surface area contributed by atoms with Crippen molar-refractivity contribution in [2.75, 3.05) is 38.5 Å². The monoisotopic (exact) mass is 618 g/mol. The van der Waals surface area contributed by atoms with Gasteiger partial charge in [0.25, 0.3) is 0 Å². The third-order valence-corrected chi connectivity index (χ3v) is 8.12. The van der Waals surface area contributed by atoms with Gasteiger partial charge in [0.1, 0.15) is 35.7 Å². The zero-order valence-electron chi connectivity index (χ0n) is 24.4. The fourth-order valence-corrected chi connectivity index (χ4v) is 5.86. The molecule has 0 saturated carbocycles. The Labute approximate surface area is 257 Å². The van der Waals surface area contributed by atoms with Crippen LogP contribution in [0.15, 0.2) is 73.7 Å². The van der Waals surface area contributed by atoms with E-state index in [4.69, 9.17) is 10.7 Å². The number of piperidine rings is 1. The zero-order chi connectivity index (χ0) is 31.4. The van der Waals surface area contributed by atoms with Crippen molar-refractivity contribution < 1.29 is 18.3 Å². The van der Waals surface area contributed by atoms with E-state index in [-0.39, 0.29) is 36.5 Å². The molecule has 1 fully saturated rings. The number of benzene rings is 2. The van der Waals surface area contributed by atoms with E-state index in [2.05, 4.69) is 34.8 Å². The van der Waals surface area contributed by atoms with E-state index >= 15 is 0 Å². The molecule has 4 heterocycles. The molecule has 0 amide bonds. The Morgan fingerprint density at radius 3 is 2.47 bits per heavy atom. The third kappa shape index (κ3) is 6.87. The van der Waals surface area contributed by atoms with Crippen LogP contribution in [-0.4, -0.2) is 77.0 Å². The number of nitrogens with zero attached hydrogens (tertiary/aromatic N) is 8. The predicted molar refractivity (Wildman–Crippen MR) is 161 cm³/mol. The second-order valence-electron chi connectivity index (χ2n) is 11.2. The molecule has 3 aromatic heterocycles. The number of likely N-dealkylation sites (tertiary alicyclic amines) is 1. The van der Waals surface area contributed by atoms with Gasteiger partial charge in [0.15, 0.2) is 0 Å². The highest BCUT2D eigenvalue weighted by atomic mass is 19.1. The molecule has 1 aliphatic heterocycles. The Morgan fingerprint density at radius 1 is 0.978 bits per heavy atom. The number of hydrogen-bond donors (Lipinski definition) is 3. The molecule has 1 saturated heterocycles. The molecular weight excluding hydrogens is 585 g/mol. The van der Waals surface area contributed by atoms with Crippen molar-refractivity contribution in [3.05, 3.63) is 96.7 Å². The average molecular weight is 619 g/mol. The zero-order valence-corrected chi connectivity index (χ0v) is 24.4. The predicted octanol–water partition coefficient (Wildman–Crippen LogP) is 3.41. The van der Waals surface area contributed by atoms with E-state index in [1.165, 1.54) is 35.5 Å². The Bertz CT molecular complexity index is 1720. The highest BCUT2D eigenvalue weighted by molar-refractivity contribution is 5.77. The van der Waals surface area contributed by atoms with Crippen LogP contribution in [0.2, 0.25) is 0 Å². The number of halogens is 3. The molecule has 14 heteroatoms. The summed E-state index contributed by atoms with van der Waals surface area (Å²) in [7, 11) is 0. The number of rotatable bonds is 11. The maximum atomic E-state index is 14.7. The lowest BCUT2D eigenvalue weighted by molar-refractivity contribution is 0.0115. The number of nitrogens with one attached hydrogen (secondary N) is 1. The molecule has 0 spiro atoms. The fourth-order valence-electron chi connectivity index (χ4n) is 5.86. The number of hydrogen-bond acceptors (Lipinski definition) is 9. The maximum Gasteiger partial charge on any atom is 0.220 e. The van der Waals surface area contributed by atoms with Crippen LogP contribution in [0, 0.1) is 17.5 Å². The third-order valence-electron chi connectivity index (χ3n) is 8.12. The van der Waals surface area contributed by atoms with E-state index in [0.29, 0.717) is 24.5 Å². The van der Waals surface area contributed by atoms with Gasteiger partial charge in [-0.3, -0.25) is 0 Å². The molecule has 0 unspecified atom stereocenters. The van der Waals surface area contributed by atoms with Gasteiger partial charge in [-0.1, -0.05) is 6.07 Å². The van der Waals surface area contributed by atoms with Gasteiger partial charge >= 0.3 is 0 Å². The van der Waals surface area contributed by atoms with Gasteiger partial charge < -0.3 is 25.6 Å². The van der Waals surface area contributed by atoms with Gasteiger partial charge in [-0.05, 0) is 49.2 Å². The van der Waals surface area contributed by atoms with Gasteiger partial charge in [-0.25, -0.2) is 37.8 Å². The number of aliphatic hydroxyl groups is 1. The van der Waals surface area contributed by atoms with Crippen molar-refractivity contribution in [1.82, 2.24) is 44.5 Å². The van der Waals surface area contributed by atoms with Crippen molar-refractivity contribution in [2.24, 2.45) is 0 Å². The molecule has 45 heavy (non-hydrogen) atoms. The molecule has 2 aromatic carbocycles. The summed E-state index contributed by atoms with van der Waals surface area (Å²) >= 11 is 0. The lowest BCUT2D eigenvalue weighted by atomic mass is 9.93. The molecule has 1 atom stereocenters. The first-order valence-electron chi connectivity index (χ1n) is 14.6. The molecule has 11 nitrogen and oxygen atoms in total. The van der Waals surface area contributed by atoms with Crippen LogP contribution >= 0.6 is 0 Å². The van der Waals surface area contributed by atoms with Gasteiger partial charge in [-0.15, -0.1) is 0 Å². The fraction of sp³-hybridized carbons (Fsp3) is 0.323. The van der Waals surface area contributed by atoms with Crippen LogP contribution in [0.1, 0.15) is 24.4 Å². The minimum Gasteiger partial charge on any atom is -0.382 e. The molecule has 0 bridgehead atoms. The summed E-state index contributed by atoms with van der Waals surface area (Å²) in [5.41, 5.74) is 7.12. The first-order valence-corrected chi connectivity index (χ1v) is 14.6. The quantitative estimate of drug-likeness (QED) is 0.190. The smallest absolute Gasteiger partial charge is 0.220 e. The second-order valence-corrected chi connectivity index (χ2v) is 11.2. The van der Waals surface area contributed by atoms with Crippen molar-refractivity contribution in [1.29, 1.82) is 0 Å². The summed E-state index contributed by atoms with van der Waals surface area (Å²) in [5, 5.41) is 18.8. The minimum atomic E-state index is -1.68. The van der Waals surface area contributed by atoms with Crippen molar-refractivity contribution in [2.45, 2.75) is 31.0 Å². The summed E-state index contributed by atoms with van der Waals surface area (Å²) in [6.45, 7) is 2.85. The summed E-state index contributed by atoms with van der Waals surface area (Å²) < 4.78 is 45.5. The summed E-state index contributed by atoms with van der Waals surface area (Å²) in [6.07, 6.45) is 7.88. The van der Waals surface area contributed by atoms with Gasteiger partial charge in [0.05, 0.1) is 30.0 Å². The van der Waals surface area contributed by atoms with E-state index < -0.39 is 17.2 Å². The number of nitrogens with two attached hydrogens (primary N) is 1. The molecule has 0 radical (unpaired) electrons. The lowest BCUT2D eigenvalue weighted by Gasteiger charge is -2.34. The van der Waals surface area contributed by atoms with Crippen LogP contribution in [0.5, 0.6) is 0 Å². The van der Waals surface area contributed by atoms with Crippen LogP contribution in [-0.2, 0) is 12.1 Å². The summed E-state index contributed by atoms with van der Waals surface area (Å²) in [6, 6.07) is 11.3. The van der Waals surface area contributed by atoms with Crippen LogP contribution in [0.4, 0.5) is 19.1 Å². The first kappa shape index (κ1) is 30.4. The molecule has 234 valence electrons. The Kier molecular flexibility index (Phi) is 8.87. The van der Waals surface area contributed by atoms with Crippen LogP contribution in [0.3, 0.4) is 0 Å². The standard InChI is InChI=1S/C31H33F3N10O/c32-22-3-1-21(2-4-22)28-29(27-7-10-38-30(35)41-27)44(20-39-28)24-8-12-42(13-9-24)14-11-36-16-31(45,17-43-19-37-18-40-43)25-6-5-23(33)15-26(25)34/h1-7,10,15,18-20,24,36,45H,8-9,11-14,16-17H2,(H2,35,38,41)/t31-/m0/s1. The Morgan fingerprint density at radius 2 is 1.76 bits per heavy atom. The average Bonchev–Trinajstić information content (AvgIpc) is 3.70. The highest BCUT2D eigenvalue weighted by Gasteiger charge is 2.33. The SMILES string of the molecule is Nc1nccc(-c2c(-c3ccc(F)cc3)ncn2C2CCN(CCNC[C@](O)(Cn3cncn3)c3ccc(F)cc3F)CC2)n1. The Hall–Kier alpha value is -4.66. The number of aromatic nitrogens is 7. The van der Waals surface area contributed by atoms with E-state index in [1.54, 1.807) is 30.7 Å². The summed E-state index contributed by atoms with van der Waals surface area (Å²) in [4.78, 5) is 19.4. The highest BCUT2D eigenvalue weighted by Crippen LogP contribution is 2.35. The molecule has 6 rings (SSSR count). The summed E-state index contributed by atoms with van der Waals surface area (Å²) in [5.74, 6) is -1.71. The van der Waals surface area contributed by atoms with E-state index in [9.17, 15) is 18.3 Å². The molecule has 0 aliphatic carbocycles. The molecule has 5 aromatic rings. The molecular formula is C31H33F3N10O. The first-order chi connectivity index (χ1) is 21.8. The normalized spacial score (nSPS) is 15.7. The van der Waals surface area contributed by atoms with E-state index in [1.807, 2.05) is 0 Å². The van der Waals surface area contributed by atoms with Crippen LogP contribution in [0.25, 0.3) is 22.6 Å². The number of nitrogen functional groups attached to an aromatic ring is 1. The minimum absolute atomic E-state index is 0.0192. The lowest BCUT2D eigenvalue weighted by Crippen LogP contribution is -2.45. The van der Waals surface area contributed by atoms with Gasteiger partial charge in [0, 0.05) is 62.2 Å². The molecule has 4 N–H and O–H groups in total. The van der Waals surface area contributed by atoms with Crippen molar-refractivity contribution in [3.8, 4) is 22.6 Å². The van der Waals surface area contributed by atoms with Crippen molar-refractivity contribution in [3.63, 3.8) is 0 Å². The Balaban J connectivity index is 1.10. The van der Waals surface area contributed by atoms with Crippen LogP contribution < -0.4 is 11.1 Å².